The second-order valence-corrected chi connectivity index (χ2v) is 4.53. The van der Waals surface area contributed by atoms with Gasteiger partial charge in [-0.3, -0.25) is 20.4 Å². The van der Waals surface area contributed by atoms with E-state index < -0.39 is 17.6 Å². The number of hydrogen-bond acceptors (Lipinski definition) is 3. The third kappa shape index (κ3) is 6.01. The molecule has 0 fully saturated rings. The summed E-state index contributed by atoms with van der Waals surface area (Å²) >= 11 is 0. The van der Waals surface area contributed by atoms with Gasteiger partial charge in [0.15, 0.2) is 6.61 Å². The Morgan fingerprint density at radius 2 is 1.83 bits per heavy atom. The molecule has 0 aliphatic carbocycles. The number of carbonyl (C=O) groups excluding carboxylic acids is 2. The Hall–Kier alpha value is -3.15. The Labute approximate surface area is 132 Å². The van der Waals surface area contributed by atoms with Crippen molar-refractivity contribution in [3.05, 3.63) is 72.1 Å². The van der Waals surface area contributed by atoms with Crippen LogP contribution in [0.15, 0.2) is 60.7 Å². The lowest BCUT2D eigenvalue weighted by Crippen LogP contribution is -2.43. The molecule has 2 aromatic rings. The molecule has 0 saturated heterocycles. The second kappa shape index (κ2) is 8.33. The number of hydrogen-bond donors (Lipinski definition) is 2. The lowest BCUT2D eigenvalue weighted by Gasteiger charge is -2.07. The van der Waals surface area contributed by atoms with Gasteiger partial charge >= 0.3 is 0 Å². The number of rotatable bonds is 5. The van der Waals surface area contributed by atoms with E-state index in [2.05, 4.69) is 10.9 Å². The molecule has 0 aromatic heterocycles. The SMILES string of the molecule is O=C(/C=C/c1ccccc1)NNC(=O)COc1cccc(F)c1. The molecular formula is C17H15FN2O3. The third-order valence-corrected chi connectivity index (χ3v) is 2.72. The van der Waals surface area contributed by atoms with E-state index in [0.29, 0.717) is 0 Å². The topological polar surface area (TPSA) is 67.4 Å². The zero-order valence-corrected chi connectivity index (χ0v) is 12.2. The summed E-state index contributed by atoms with van der Waals surface area (Å²) in [5, 5.41) is 0. The van der Waals surface area contributed by atoms with Crippen LogP contribution in [0.25, 0.3) is 6.08 Å². The van der Waals surface area contributed by atoms with Gasteiger partial charge in [0, 0.05) is 12.1 Å². The molecule has 0 unspecified atom stereocenters. The summed E-state index contributed by atoms with van der Waals surface area (Å²) in [5.74, 6) is -1.26. The van der Waals surface area contributed by atoms with Crippen LogP contribution in [0, 0.1) is 5.82 Å². The van der Waals surface area contributed by atoms with Crippen LogP contribution in [0.3, 0.4) is 0 Å². The minimum absolute atomic E-state index is 0.232. The van der Waals surface area contributed by atoms with Gasteiger partial charge in [0.05, 0.1) is 0 Å². The Bertz CT molecular complexity index is 702. The maximum Gasteiger partial charge on any atom is 0.276 e. The predicted molar refractivity (Wildman–Crippen MR) is 83.7 cm³/mol. The molecule has 118 valence electrons. The van der Waals surface area contributed by atoms with Crippen molar-refractivity contribution in [1.82, 2.24) is 10.9 Å². The number of carbonyl (C=O) groups is 2. The first-order valence-corrected chi connectivity index (χ1v) is 6.84. The zero-order valence-electron chi connectivity index (χ0n) is 12.2. The van der Waals surface area contributed by atoms with Crippen molar-refractivity contribution in [2.45, 2.75) is 0 Å². The average Bonchev–Trinajstić information content (AvgIpc) is 2.57. The molecule has 2 rings (SSSR count). The van der Waals surface area contributed by atoms with Crippen molar-refractivity contribution in [1.29, 1.82) is 0 Å². The van der Waals surface area contributed by atoms with Gasteiger partial charge in [0.2, 0.25) is 0 Å². The summed E-state index contributed by atoms with van der Waals surface area (Å²) in [7, 11) is 0. The minimum Gasteiger partial charge on any atom is -0.484 e. The molecule has 0 heterocycles. The van der Waals surface area contributed by atoms with Crippen molar-refractivity contribution in [3.63, 3.8) is 0 Å². The highest BCUT2D eigenvalue weighted by atomic mass is 19.1. The smallest absolute Gasteiger partial charge is 0.276 e. The number of benzene rings is 2. The lowest BCUT2D eigenvalue weighted by molar-refractivity contribution is -0.128. The number of halogens is 1. The van der Waals surface area contributed by atoms with Crippen molar-refractivity contribution >= 4 is 17.9 Å². The van der Waals surface area contributed by atoms with Crippen LogP contribution in [-0.4, -0.2) is 18.4 Å². The van der Waals surface area contributed by atoms with E-state index in [9.17, 15) is 14.0 Å². The quantitative estimate of drug-likeness (QED) is 0.656. The van der Waals surface area contributed by atoms with Crippen molar-refractivity contribution in [2.24, 2.45) is 0 Å². The summed E-state index contributed by atoms with van der Waals surface area (Å²) in [6.45, 7) is -0.341. The largest absolute Gasteiger partial charge is 0.484 e. The Kier molecular flexibility index (Phi) is 5.88. The summed E-state index contributed by atoms with van der Waals surface area (Å²) in [4.78, 5) is 23.0. The van der Waals surface area contributed by atoms with Crippen molar-refractivity contribution in [2.75, 3.05) is 6.61 Å². The molecule has 2 amide bonds. The van der Waals surface area contributed by atoms with E-state index in [1.165, 1.54) is 24.3 Å². The Balaban J connectivity index is 1.71. The van der Waals surface area contributed by atoms with E-state index in [-0.39, 0.29) is 12.4 Å². The van der Waals surface area contributed by atoms with E-state index >= 15 is 0 Å². The van der Waals surface area contributed by atoms with Gasteiger partial charge in [-0.2, -0.15) is 0 Å². The van der Waals surface area contributed by atoms with Crippen LogP contribution < -0.4 is 15.6 Å². The molecule has 0 aliphatic heterocycles. The maximum absolute atomic E-state index is 12.9. The van der Waals surface area contributed by atoms with Crippen LogP contribution in [0.2, 0.25) is 0 Å². The van der Waals surface area contributed by atoms with Crippen LogP contribution in [0.4, 0.5) is 4.39 Å². The third-order valence-electron chi connectivity index (χ3n) is 2.72. The fourth-order valence-corrected chi connectivity index (χ4v) is 1.65. The van der Waals surface area contributed by atoms with Gasteiger partial charge in [-0.05, 0) is 23.8 Å². The van der Waals surface area contributed by atoms with E-state index in [1.54, 1.807) is 6.08 Å². The molecule has 23 heavy (non-hydrogen) atoms. The first kappa shape index (κ1) is 16.2. The molecule has 0 spiro atoms. The normalized spacial score (nSPS) is 10.3. The average molecular weight is 314 g/mol. The van der Waals surface area contributed by atoms with Crippen molar-refractivity contribution in [3.8, 4) is 5.75 Å². The van der Waals surface area contributed by atoms with Crippen LogP contribution >= 0.6 is 0 Å². The molecule has 2 aromatic carbocycles. The lowest BCUT2D eigenvalue weighted by atomic mass is 10.2. The van der Waals surface area contributed by atoms with Crippen molar-refractivity contribution < 1.29 is 18.7 Å². The zero-order chi connectivity index (χ0) is 16.5. The van der Waals surface area contributed by atoms with Gasteiger partial charge in [-0.25, -0.2) is 4.39 Å². The van der Waals surface area contributed by atoms with Gasteiger partial charge in [-0.1, -0.05) is 36.4 Å². The Morgan fingerprint density at radius 1 is 1.04 bits per heavy atom. The summed E-state index contributed by atoms with van der Waals surface area (Å²) in [6.07, 6.45) is 2.91. The highest BCUT2D eigenvalue weighted by molar-refractivity contribution is 5.93. The fourth-order valence-electron chi connectivity index (χ4n) is 1.65. The fraction of sp³-hybridized carbons (Fsp3) is 0.0588. The molecule has 0 saturated carbocycles. The molecule has 0 bridgehead atoms. The first-order chi connectivity index (χ1) is 11.1. The second-order valence-electron chi connectivity index (χ2n) is 4.53. The summed E-state index contributed by atoms with van der Waals surface area (Å²) in [6, 6.07) is 14.7. The molecule has 0 radical (unpaired) electrons. The molecule has 6 heteroatoms. The molecule has 2 N–H and O–H groups in total. The number of hydrazine groups is 1. The minimum atomic E-state index is -0.560. The number of nitrogens with one attached hydrogen (secondary N) is 2. The number of amides is 2. The van der Waals surface area contributed by atoms with Gasteiger partial charge in [-0.15, -0.1) is 0 Å². The molecule has 0 atom stereocenters. The molecule has 5 nitrogen and oxygen atoms in total. The first-order valence-electron chi connectivity index (χ1n) is 6.84. The summed E-state index contributed by atoms with van der Waals surface area (Å²) in [5.41, 5.74) is 5.28. The Morgan fingerprint density at radius 3 is 2.57 bits per heavy atom. The highest BCUT2D eigenvalue weighted by Crippen LogP contribution is 2.11. The standard InChI is InChI=1S/C17H15FN2O3/c18-14-7-4-8-15(11-14)23-12-17(22)20-19-16(21)10-9-13-5-2-1-3-6-13/h1-11H,12H2,(H,19,21)(H,20,22)/b10-9+. The van der Waals surface area contributed by atoms with E-state index in [4.69, 9.17) is 4.74 Å². The highest BCUT2D eigenvalue weighted by Gasteiger charge is 2.04. The predicted octanol–water partition coefficient (Wildman–Crippen LogP) is 2.07. The van der Waals surface area contributed by atoms with Crippen LogP contribution in [0.5, 0.6) is 5.75 Å². The van der Waals surface area contributed by atoms with E-state index in [1.807, 2.05) is 30.3 Å². The number of ether oxygens (including phenoxy) is 1. The monoisotopic (exact) mass is 314 g/mol. The molecular weight excluding hydrogens is 299 g/mol. The van der Waals surface area contributed by atoms with E-state index in [0.717, 1.165) is 11.6 Å². The van der Waals surface area contributed by atoms with Gasteiger partial charge in [0.25, 0.3) is 11.8 Å². The van der Waals surface area contributed by atoms with Gasteiger partial charge in [0.1, 0.15) is 11.6 Å². The summed E-state index contributed by atoms with van der Waals surface area (Å²) < 4.78 is 18.0. The van der Waals surface area contributed by atoms with Crippen LogP contribution in [-0.2, 0) is 9.59 Å². The van der Waals surface area contributed by atoms with Gasteiger partial charge < -0.3 is 4.74 Å². The maximum atomic E-state index is 12.9. The molecule has 0 aliphatic rings. The van der Waals surface area contributed by atoms with Crippen LogP contribution in [0.1, 0.15) is 5.56 Å².